The normalized spacial score (nSPS) is 28.4. The van der Waals surface area contributed by atoms with Crippen molar-refractivity contribution in [2.45, 2.75) is 57.1 Å². The van der Waals surface area contributed by atoms with Crippen LogP contribution < -0.4 is 5.32 Å². The number of hydrogen-bond acceptors (Lipinski definition) is 2. The molecule has 1 aromatic carbocycles. The highest BCUT2D eigenvalue weighted by Crippen LogP contribution is 2.44. The second kappa shape index (κ2) is 6.16. The summed E-state index contributed by atoms with van der Waals surface area (Å²) in [6.45, 7) is 5.10. The van der Waals surface area contributed by atoms with E-state index in [-0.39, 0.29) is 29.5 Å². The van der Waals surface area contributed by atoms with Gasteiger partial charge in [-0.1, -0.05) is 44.5 Å². The summed E-state index contributed by atoms with van der Waals surface area (Å²) in [4.78, 5) is 14.3. The van der Waals surface area contributed by atoms with Crippen LogP contribution in [0.15, 0.2) is 24.3 Å². The van der Waals surface area contributed by atoms with Gasteiger partial charge in [-0.15, -0.1) is 0 Å². The Morgan fingerprint density at radius 2 is 2.09 bits per heavy atom. The van der Waals surface area contributed by atoms with Gasteiger partial charge < -0.3 is 15.3 Å². The van der Waals surface area contributed by atoms with E-state index in [2.05, 4.69) is 37.4 Å². The molecular weight excluding hydrogens is 288 g/mol. The highest BCUT2D eigenvalue weighted by atomic mass is 16.3. The number of aliphatic hydroxyl groups excluding tert-OH is 1. The molecule has 3 rings (SSSR count). The molecule has 4 heteroatoms. The lowest BCUT2D eigenvalue weighted by Crippen LogP contribution is -2.42. The summed E-state index contributed by atoms with van der Waals surface area (Å²) in [5.74, 6) is 0.220. The molecule has 0 radical (unpaired) electrons. The minimum Gasteiger partial charge on any atom is -0.393 e. The number of carbonyl (C=O) groups excluding carboxylic acids is 1. The summed E-state index contributed by atoms with van der Waals surface area (Å²) in [7, 11) is 1.83. The quantitative estimate of drug-likeness (QED) is 0.899. The van der Waals surface area contributed by atoms with E-state index in [4.69, 9.17) is 0 Å². The fourth-order valence-electron chi connectivity index (χ4n) is 4.20. The van der Waals surface area contributed by atoms with Crippen molar-refractivity contribution in [3.63, 3.8) is 0 Å². The van der Waals surface area contributed by atoms with E-state index in [0.717, 1.165) is 25.7 Å². The maximum absolute atomic E-state index is 12.5. The molecule has 0 spiro atoms. The fourth-order valence-corrected chi connectivity index (χ4v) is 4.20. The van der Waals surface area contributed by atoms with E-state index in [1.54, 1.807) is 4.90 Å². The maximum Gasteiger partial charge on any atom is 0.317 e. The van der Waals surface area contributed by atoms with Gasteiger partial charge in [-0.2, -0.15) is 0 Å². The van der Waals surface area contributed by atoms with Crippen LogP contribution in [-0.2, 0) is 5.41 Å². The average molecular weight is 316 g/mol. The fraction of sp³-hybridized carbons (Fsp3) is 0.632. The van der Waals surface area contributed by atoms with E-state index < -0.39 is 0 Å². The highest BCUT2D eigenvalue weighted by molar-refractivity contribution is 5.74. The number of carbonyl (C=O) groups is 1. The molecule has 2 N–H and O–H groups in total. The number of nitrogens with one attached hydrogen (secondary N) is 1. The predicted molar refractivity (Wildman–Crippen MR) is 91.3 cm³/mol. The Morgan fingerprint density at radius 1 is 1.35 bits per heavy atom. The monoisotopic (exact) mass is 316 g/mol. The van der Waals surface area contributed by atoms with Crippen molar-refractivity contribution in [1.29, 1.82) is 0 Å². The van der Waals surface area contributed by atoms with Gasteiger partial charge in [0, 0.05) is 19.5 Å². The molecule has 2 aliphatic carbocycles. The summed E-state index contributed by atoms with van der Waals surface area (Å²) >= 11 is 0. The number of benzene rings is 1. The topological polar surface area (TPSA) is 52.6 Å². The van der Waals surface area contributed by atoms with Crippen molar-refractivity contribution in [2.75, 3.05) is 13.6 Å². The van der Waals surface area contributed by atoms with E-state index >= 15 is 0 Å². The third-order valence-corrected chi connectivity index (χ3v) is 5.55. The van der Waals surface area contributed by atoms with Gasteiger partial charge in [0.05, 0.1) is 12.1 Å². The van der Waals surface area contributed by atoms with Gasteiger partial charge in [-0.05, 0) is 35.8 Å². The first-order valence-electron chi connectivity index (χ1n) is 8.67. The van der Waals surface area contributed by atoms with Gasteiger partial charge in [0.25, 0.3) is 0 Å². The highest BCUT2D eigenvalue weighted by Gasteiger charge is 2.37. The molecule has 0 bridgehead atoms. The molecule has 1 fully saturated rings. The molecule has 126 valence electrons. The lowest BCUT2D eigenvalue weighted by Gasteiger charge is -2.26. The van der Waals surface area contributed by atoms with Crippen LogP contribution in [0.3, 0.4) is 0 Å². The molecule has 0 heterocycles. The molecule has 3 unspecified atom stereocenters. The summed E-state index contributed by atoms with van der Waals surface area (Å²) in [5.41, 5.74) is 2.66. The van der Waals surface area contributed by atoms with E-state index in [9.17, 15) is 9.90 Å². The zero-order valence-corrected chi connectivity index (χ0v) is 14.4. The SMILES string of the molecule is CN(CC1CCCC1O)C(=O)NC1CC(C)(C)c2ccccc21. The van der Waals surface area contributed by atoms with Gasteiger partial charge in [0.2, 0.25) is 0 Å². The van der Waals surface area contributed by atoms with Crippen molar-refractivity contribution in [3.05, 3.63) is 35.4 Å². The van der Waals surface area contributed by atoms with Crippen molar-refractivity contribution >= 4 is 6.03 Å². The Labute approximate surface area is 138 Å². The lowest BCUT2D eigenvalue weighted by molar-refractivity contribution is 0.113. The molecule has 2 aliphatic rings. The van der Waals surface area contributed by atoms with Crippen LogP contribution in [0.5, 0.6) is 0 Å². The number of urea groups is 1. The Hall–Kier alpha value is -1.55. The Morgan fingerprint density at radius 3 is 2.78 bits per heavy atom. The van der Waals surface area contributed by atoms with Crippen LogP contribution >= 0.6 is 0 Å². The number of nitrogens with zero attached hydrogens (tertiary/aromatic N) is 1. The van der Waals surface area contributed by atoms with Crippen molar-refractivity contribution in [1.82, 2.24) is 10.2 Å². The number of amides is 2. The van der Waals surface area contributed by atoms with E-state index in [1.807, 2.05) is 13.1 Å². The number of fused-ring (bicyclic) bond motifs is 1. The molecule has 4 nitrogen and oxygen atoms in total. The molecule has 0 aromatic heterocycles. The lowest BCUT2D eigenvalue weighted by atomic mass is 9.86. The number of hydrogen-bond donors (Lipinski definition) is 2. The summed E-state index contributed by atoms with van der Waals surface area (Å²) in [6.07, 6.45) is 3.61. The zero-order chi connectivity index (χ0) is 16.6. The van der Waals surface area contributed by atoms with Crippen molar-refractivity contribution in [2.24, 2.45) is 5.92 Å². The van der Waals surface area contributed by atoms with Crippen LogP contribution in [0, 0.1) is 5.92 Å². The largest absolute Gasteiger partial charge is 0.393 e. The number of rotatable bonds is 3. The van der Waals surface area contributed by atoms with Gasteiger partial charge in [0.1, 0.15) is 0 Å². The molecule has 23 heavy (non-hydrogen) atoms. The smallest absolute Gasteiger partial charge is 0.317 e. The van der Waals surface area contributed by atoms with Crippen LogP contribution in [0.4, 0.5) is 4.79 Å². The van der Waals surface area contributed by atoms with Gasteiger partial charge in [-0.25, -0.2) is 4.79 Å². The molecule has 2 amide bonds. The number of aliphatic hydroxyl groups is 1. The first-order valence-corrected chi connectivity index (χ1v) is 8.67. The predicted octanol–water partition coefficient (Wildman–Crippen LogP) is 3.21. The molecule has 0 saturated heterocycles. The summed E-state index contributed by atoms with van der Waals surface area (Å²) < 4.78 is 0. The first-order chi connectivity index (χ1) is 10.9. The first kappa shape index (κ1) is 16.3. The maximum atomic E-state index is 12.5. The van der Waals surface area contributed by atoms with E-state index in [1.165, 1.54) is 11.1 Å². The van der Waals surface area contributed by atoms with Gasteiger partial charge >= 0.3 is 6.03 Å². The molecule has 0 aliphatic heterocycles. The second-order valence-corrected chi connectivity index (χ2v) is 7.82. The van der Waals surface area contributed by atoms with Crippen LogP contribution in [-0.4, -0.2) is 35.7 Å². The average Bonchev–Trinajstić information content (AvgIpc) is 3.01. The summed E-state index contributed by atoms with van der Waals surface area (Å²) in [6, 6.07) is 8.43. The van der Waals surface area contributed by atoms with Crippen molar-refractivity contribution in [3.8, 4) is 0 Å². The van der Waals surface area contributed by atoms with Crippen LogP contribution in [0.25, 0.3) is 0 Å². The third-order valence-electron chi connectivity index (χ3n) is 5.55. The molecule has 3 atom stereocenters. The zero-order valence-electron chi connectivity index (χ0n) is 14.4. The third kappa shape index (κ3) is 3.23. The summed E-state index contributed by atoms with van der Waals surface area (Å²) in [5, 5.41) is 13.1. The van der Waals surface area contributed by atoms with Gasteiger partial charge in [0.15, 0.2) is 0 Å². The van der Waals surface area contributed by atoms with Crippen LogP contribution in [0.2, 0.25) is 0 Å². The molecular formula is C19H28N2O2. The Balaban J connectivity index is 1.64. The minimum absolute atomic E-state index is 0.0402. The second-order valence-electron chi connectivity index (χ2n) is 7.82. The van der Waals surface area contributed by atoms with Crippen LogP contribution in [0.1, 0.15) is 56.7 Å². The standard InChI is InChI=1S/C19H28N2O2/c1-19(2)11-16(14-8-4-5-9-15(14)19)20-18(23)21(3)12-13-7-6-10-17(13)22/h4-5,8-9,13,16-17,22H,6-7,10-12H2,1-3H3,(H,20,23). The van der Waals surface area contributed by atoms with Gasteiger partial charge in [-0.3, -0.25) is 0 Å². The Bertz CT molecular complexity index is 584. The minimum atomic E-state index is -0.253. The molecule has 1 saturated carbocycles. The molecule has 1 aromatic rings. The van der Waals surface area contributed by atoms with Crippen molar-refractivity contribution < 1.29 is 9.90 Å². The van der Waals surface area contributed by atoms with E-state index in [0.29, 0.717) is 6.54 Å². The Kier molecular flexibility index (Phi) is 4.37.